The predicted octanol–water partition coefficient (Wildman–Crippen LogP) is 2.21. The lowest BCUT2D eigenvalue weighted by atomic mass is 9.88. The lowest BCUT2D eigenvalue weighted by Crippen LogP contribution is -2.64. The normalized spacial score (nSPS) is 26.0. The van der Waals surface area contributed by atoms with Gasteiger partial charge in [-0.15, -0.1) is 0 Å². The minimum atomic E-state index is 0.435. The van der Waals surface area contributed by atoms with E-state index in [2.05, 4.69) is 42.3 Å². The van der Waals surface area contributed by atoms with Gasteiger partial charge in [0.2, 0.25) is 0 Å². The van der Waals surface area contributed by atoms with E-state index < -0.39 is 0 Å². The van der Waals surface area contributed by atoms with Gasteiger partial charge in [-0.3, -0.25) is 9.58 Å². The molecule has 0 radical (unpaired) electrons. The Morgan fingerprint density at radius 2 is 2.14 bits per heavy atom. The third-order valence-electron chi connectivity index (χ3n) is 5.68. The smallest absolute Gasteiger partial charge is 0.0492 e. The first-order chi connectivity index (χ1) is 10.1. The van der Waals surface area contributed by atoms with Crippen molar-refractivity contribution in [1.82, 2.24) is 20.0 Å². The molecule has 1 atom stereocenters. The molecule has 4 heteroatoms. The molecule has 0 amide bonds. The highest BCUT2D eigenvalue weighted by Crippen LogP contribution is 2.37. The molecule has 2 fully saturated rings. The van der Waals surface area contributed by atoms with Crippen molar-refractivity contribution in [3.63, 3.8) is 0 Å². The Hall–Kier alpha value is -0.870. The van der Waals surface area contributed by atoms with Crippen molar-refractivity contribution in [1.29, 1.82) is 0 Å². The summed E-state index contributed by atoms with van der Waals surface area (Å²) in [4.78, 5) is 2.80. The highest BCUT2D eigenvalue weighted by Gasteiger charge is 2.43. The van der Waals surface area contributed by atoms with Crippen molar-refractivity contribution in [2.24, 2.45) is 13.0 Å². The second-order valence-corrected chi connectivity index (χ2v) is 7.31. The van der Waals surface area contributed by atoms with E-state index in [-0.39, 0.29) is 0 Å². The molecule has 21 heavy (non-hydrogen) atoms. The summed E-state index contributed by atoms with van der Waals surface area (Å²) in [6.45, 7) is 8.23. The number of nitrogens with one attached hydrogen (secondary N) is 1. The van der Waals surface area contributed by atoms with E-state index in [0.717, 1.165) is 6.42 Å². The average molecular weight is 290 g/mol. The SMILES string of the molecule is CC(C)C1CN(CCc2ccnn2C)C2(CCCC2)CN1. The molecule has 1 aromatic heterocycles. The Bertz CT molecular complexity index is 459. The maximum atomic E-state index is 4.30. The van der Waals surface area contributed by atoms with Gasteiger partial charge in [-0.2, -0.15) is 5.10 Å². The van der Waals surface area contributed by atoms with Gasteiger partial charge < -0.3 is 5.32 Å². The third-order valence-corrected chi connectivity index (χ3v) is 5.68. The molecule has 1 spiro atoms. The third kappa shape index (κ3) is 3.02. The molecule has 1 unspecified atom stereocenters. The number of hydrogen-bond donors (Lipinski definition) is 1. The quantitative estimate of drug-likeness (QED) is 0.923. The first kappa shape index (κ1) is 15.0. The maximum Gasteiger partial charge on any atom is 0.0492 e. The van der Waals surface area contributed by atoms with Gasteiger partial charge in [0.05, 0.1) is 0 Å². The van der Waals surface area contributed by atoms with E-state index in [1.54, 1.807) is 0 Å². The topological polar surface area (TPSA) is 33.1 Å². The molecule has 2 heterocycles. The highest BCUT2D eigenvalue weighted by atomic mass is 15.3. The van der Waals surface area contributed by atoms with E-state index in [0.29, 0.717) is 17.5 Å². The number of aryl methyl sites for hydroxylation is 1. The summed E-state index contributed by atoms with van der Waals surface area (Å²) in [6.07, 6.45) is 8.57. The van der Waals surface area contributed by atoms with Crippen LogP contribution in [-0.4, -0.2) is 45.9 Å². The molecule has 4 nitrogen and oxygen atoms in total. The van der Waals surface area contributed by atoms with Crippen LogP contribution in [0.5, 0.6) is 0 Å². The summed E-state index contributed by atoms with van der Waals surface area (Å²) in [6, 6.07) is 2.80. The minimum absolute atomic E-state index is 0.435. The fourth-order valence-corrected chi connectivity index (χ4v) is 4.13. The standard InChI is InChI=1S/C17H30N4/c1-14(2)16-12-21(11-7-15-6-10-19-20(15)3)17(13-18-16)8-4-5-9-17/h6,10,14,16,18H,4-5,7-9,11-13H2,1-3H3. The monoisotopic (exact) mass is 290 g/mol. The van der Waals surface area contributed by atoms with Crippen LogP contribution in [0.3, 0.4) is 0 Å². The van der Waals surface area contributed by atoms with Crippen LogP contribution in [0.1, 0.15) is 45.2 Å². The number of piperazine rings is 1. The van der Waals surface area contributed by atoms with Crippen molar-refractivity contribution < 1.29 is 0 Å². The van der Waals surface area contributed by atoms with Crippen molar-refractivity contribution in [3.05, 3.63) is 18.0 Å². The van der Waals surface area contributed by atoms with Gasteiger partial charge in [-0.1, -0.05) is 26.7 Å². The van der Waals surface area contributed by atoms with Crippen molar-refractivity contribution in [2.45, 2.75) is 57.5 Å². The molecule has 1 aliphatic carbocycles. The number of aromatic nitrogens is 2. The number of hydrogen-bond acceptors (Lipinski definition) is 3. The van der Waals surface area contributed by atoms with E-state index in [1.165, 1.54) is 51.0 Å². The first-order valence-electron chi connectivity index (χ1n) is 8.56. The molecule has 1 aliphatic heterocycles. The summed E-state index contributed by atoms with van der Waals surface area (Å²) in [5, 5.41) is 8.12. The van der Waals surface area contributed by atoms with Crippen LogP contribution in [0.25, 0.3) is 0 Å². The van der Waals surface area contributed by atoms with Gasteiger partial charge in [-0.25, -0.2) is 0 Å². The number of nitrogens with zero attached hydrogens (tertiary/aromatic N) is 3. The summed E-state index contributed by atoms with van der Waals surface area (Å²) >= 11 is 0. The molecular weight excluding hydrogens is 260 g/mol. The Labute approximate surface area is 128 Å². The fraction of sp³-hybridized carbons (Fsp3) is 0.824. The molecule has 3 rings (SSSR count). The summed E-state index contributed by atoms with van der Waals surface area (Å²) < 4.78 is 2.02. The highest BCUT2D eigenvalue weighted by molar-refractivity contribution is 5.05. The van der Waals surface area contributed by atoms with Crippen molar-refractivity contribution in [3.8, 4) is 0 Å². The van der Waals surface area contributed by atoms with Crippen LogP contribution in [0.2, 0.25) is 0 Å². The average Bonchev–Trinajstić information content (AvgIpc) is 3.08. The molecule has 118 valence electrons. The lowest BCUT2D eigenvalue weighted by molar-refractivity contribution is 0.0337. The van der Waals surface area contributed by atoms with E-state index in [1.807, 2.05) is 10.9 Å². The van der Waals surface area contributed by atoms with Crippen molar-refractivity contribution in [2.75, 3.05) is 19.6 Å². The Morgan fingerprint density at radius 3 is 2.76 bits per heavy atom. The van der Waals surface area contributed by atoms with Gasteiger partial charge in [0.15, 0.2) is 0 Å². The Morgan fingerprint density at radius 1 is 1.38 bits per heavy atom. The van der Waals surface area contributed by atoms with Crippen LogP contribution < -0.4 is 5.32 Å². The molecule has 0 bridgehead atoms. The van der Waals surface area contributed by atoms with Crippen LogP contribution in [0, 0.1) is 5.92 Å². The zero-order chi connectivity index (χ0) is 14.9. The Balaban J connectivity index is 1.69. The minimum Gasteiger partial charge on any atom is -0.311 e. The van der Waals surface area contributed by atoms with E-state index in [9.17, 15) is 0 Å². The van der Waals surface area contributed by atoms with Crippen LogP contribution in [0.15, 0.2) is 12.3 Å². The van der Waals surface area contributed by atoms with Gasteiger partial charge in [-0.05, 0) is 24.8 Å². The molecule has 1 saturated carbocycles. The summed E-state index contributed by atoms with van der Waals surface area (Å²) in [7, 11) is 2.05. The summed E-state index contributed by atoms with van der Waals surface area (Å²) in [5.74, 6) is 0.711. The predicted molar refractivity (Wildman–Crippen MR) is 86.3 cm³/mol. The van der Waals surface area contributed by atoms with Crippen molar-refractivity contribution >= 4 is 0 Å². The second-order valence-electron chi connectivity index (χ2n) is 7.31. The molecular formula is C17H30N4. The zero-order valence-corrected chi connectivity index (χ0v) is 13.8. The van der Waals surface area contributed by atoms with Gasteiger partial charge in [0, 0.05) is 56.6 Å². The lowest BCUT2D eigenvalue weighted by Gasteiger charge is -2.49. The Kier molecular flexibility index (Phi) is 4.36. The largest absolute Gasteiger partial charge is 0.311 e. The second kappa shape index (κ2) is 6.09. The first-order valence-corrected chi connectivity index (χ1v) is 8.56. The molecule has 1 saturated heterocycles. The number of rotatable bonds is 4. The zero-order valence-electron chi connectivity index (χ0n) is 13.8. The van der Waals surface area contributed by atoms with Gasteiger partial charge >= 0.3 is 0 Å². The molecule has 1 aromatic rings. The van der Waals surface area contributed by atoms with Gasteiger partial charge in [0.1, 0.15) is 0 Å². The summed E-state index contributed by atoms with van der Waals surface area (Å²) in [5.41, 5.74) is 1.78. The molecule has 0 aromatic carbocycles. The van der Waals surface area contributed by atoms with Crippen LogP contribution in [-0.2, 0) is 13.5 Å². The van der Waals surface area contributed by atoms with E-state index >= 15 is 0 Å². The van der Waals surface area contributed by atoms with E-state index in [4.69, 9.17) is 0 Å². The van der Waals surface area contributed by atoms with Crippen LogP contribution >= 0.6 is 0 Å². The van der Waals surface area contributed by atoms with Crippen LogP contribution in [0.4, 0.5) is 0 Å². The fourth-order valence-electron chi connectivity index (χ4n) is 4.13. The maximum absolute atomic E-state index is 4.30. The molecule has 1 N–H and O–H groups in total. The van der Waals surface area contributed by atoms with Gasteiger partial charge in [0.25, 0.3) is 0 Å². The molecule has 2 aliphatic rings.